The Bertz CT molecular complexity index is 422. The Labute approximate surface area is 99.8 Å². The minimum Gasteiger partial charge on any atom is -0.384 e. The molecule has 0 aliphatic heterocycles. The van der Waals surface area contributed by atoms with Gasteiger partial charge in [0.2, 0.25) is 5.91 Å². The third kappa shape index (κ3) is 4.14. The standard InChI is InChI=1S/C9H10F3N3OS/c1-14-7(16)4-17-8-3-5(9(10,11)12)2-6(13)15-8/h2-3H,4H2,1H3,(H2,13,15)(H,14,16). The zero-order valence-electron chi connectivity index (χ0n) is 8.84. The SMILES string of the molecule is CNC(=O)CSc1cc(C(F)(F)F)cc(N)n1. The monoisotopic (exact) mass is 265 g/mol. The summed E-state index contributed by atoms with van der Waals surface area (Å²) >= 11 is 0.894. The maximum atomic E-state index is 12.4. The van der Waals surface area contributed by atoms with E-state index in [9.17, 15) is 18.0 Å². The van der Waals surface area contributed by atoms with Gasteiger partial charge in [-0.25, -0.2) is 4.98 Å². The third-order valence-corrected chi connectivity index (χ3v) is 2.69. The lowest BCUT2D eigenvalue weighted by Gasteiger charge is -2.09. The molecule has 1 amide bonds. The molecule has 1 rings (SSSR count). The Morgan fingerprint density at radius 2 is 2.18 bits per heavy atom. The number of hydrogen-bond donors (Lipinski definition) is 2. The molecule has 0 aliphatic rings. The second-order valence-electron chi connectivity index (χ2n) is 3.08. The van der Waals surface area contributed by atoms with E-state index in [-0.39, 0.29) is 22.5 Å². The van der Waals surface area contributed by atoms with Gasteiger partial charge in [0.15, 0.2) is 0 Å². The minimum atomic E-state index is -4.47. The van der Waals surface area contributed by atoms with Crippen molar-refractivity contribution in [2.75, 3.05) is 18.5 Å². The minimum absolute atomic E-state index is 0.00967. The van der Waals surface area contributed by atoms with Gasteiger partial charge in [0.1, 0.15) is 5.82 Å². The van der Waals surface area contributed by atoms with Crippen molar-refractivity contribution in [3.8, 4) is 0 Å². The zero-order chi connectivity index (χ0) is 13.1. The van der Waals surface area contributed by atoms with Crippen LogP contribution in [0.4, 0.5) is 19.0 Å². The molecular weight excluding hydrogens is 255 g/mol. The number of alkyl halides is 3. The maximum absolute atomic E-state index is 12.4. The molecule has 0 radical (unpaired) electrons. The van der Waals surface area contributed by atoms with E-state index in [2.05, 4.69) is 10.3 Å². The van der Waals surface area contributed by atoms with Gasteiger partial charge >= 0.3 is 6.18 Å². The van der Waals surface area contributed by atoms with Crippen LogP contribution in [0.1, 0.15) is 5.56 Å². The van der Waals surface area contributed by atoms with Crippen molar-refractivity contribution in [3.05, 3.63) is 17.7 Å². The van der Waals surface area contributed by atoms with Crippen molar-refractivity contribution in [2.24, 2.45) is 0 Å². The normalized spacial score (nSPS) is 11.3. The number of halogens is 3. The summed E-state index contributed by atoms with van der Waals surface area (Å²) < 4.78 is 37.3. The maximum Gasteiger partial charge on any atom is 0.416 e. The highest BCUT2D eigenvalue weighted by atomic mass is 32.2. The Hall–Kier alpha value is -1.44. The van der Waals surface area contributed by atoms with E-state index >= 15 is 0 Å². The highest BCUT2D eigenvalue weighted by Crippen LogP contribution is 2.32. The lowest BCUT2D eigenvalue weighted by atomic mass is 10.2. The summed E-state index contributed by atoms with van der Waals surface area (Å²) in [6.07, 6.45) is -4.47. The topological polar surface area (TPSA) is 68.0 Å². The Balaban J connectivity index is 2.87. The predicted molar refractivity (Wildman–Crippen MR) is 58.4 cm³/mol. The van der Waals surface area contributed by atoms with Crippen LogP contribution in [-0.2, 0) is 11.0 Å². The molecule has 0 unspecified atom stereocenters. The fraction of sp³-hybridized carbons (Fsp3) is 0.333. The molecule has 1 heterocycles. The second-order valence-corrected chi connectivity index (χ2v) is 4.07. The zero-order valence-corrected chi connectivity index (χ0v) is 9.65. The molecule has 4 nitrogen and oxygen atoms in total. The molecular formula is C9H10F3N3OS. The molecule has 0 aromatic carbocycles. The average molecular weight is 265 g/mol. The average Bonchev–Trinajstić information content (AvgIpc) is 2.24. The Morgan fingerprint density at radius 3 is 2.71 bits per heavy atom. The number of nitrogens with zero attached hydrogens (tertiary/aromatic N) is 1. The number of amides is 1. The second kappa shape index (κ2) is 5.26. The van der Waals surface area contributed by atoms with E-state index in [1.165, 1.54) is 7.05 Å². The fourth-order valence-corrected chi connectivity index (χ4v) is 1.78. The molecule has 0 aliphatic carbocycles. The van der Waals surface area contributed by atoms with Crippen LogP contribution in [0.3, 0.4) is 0 Å². The number of nitrogens with two attached hydrogens (primary N) is 1. The number of thioether (sulfide) groups is 1. The lowest BCUT2D eigenvalue weighted by molar-refractivity contribution is -0.137. The number of rotatable bonds is 3. The summed E-state index contributed by atoms with van der Waals surface area (Å²) in [6.45, 7) is 0. The largest absolute Gasteiger partial charge is 0.416 e. The molecule has 0 spiro atoms. The number of hydrogen-bond acceptors (Lipinski definition) is 4. The highest BCUT2D eigenvalue weighted by molar-refractivity contribution is 7.99. The number of carbonyl (C=O) groups is 1. The molecule has 8 heteroatoms. The van der Waals surface area contributed by atoms with E-state index in [0.717, 1.165) is 23.9 Å². The van der Waals surface area contributed by atoms with Crippen LogP contribution in [0.2, 0.25) is 0 Å². The number of carbonyl (C=O) groups excluding carboxylic acids is 1. The van der Waals surface area contributed by atoms with Gasteiger partial charge in [-0.1, -0.05) is 11.8 Å². The van der Waals surface area contributed by atoms with Gasteiger partial charge in [-0.2, -0.15) is 13.2 Å². The van der Waals surface area contributed by atoms with Gasteiger partial charge in [-0.15, -0.1) is 0 Å². The van der Waals surface area contributed by atoms with E-state index in [0.29, 0.717) is 0 Å². The summed E-state index contributed by atoms with van der Waals surface area (Å²) in [7, 11) is 1.44. The smallest absolute Gasteiger partial charge is 0.384 e. The van der Waals surface area contributed by atoms with Crippen molar-refractivity contribution in [2.45, 2.75) is 11.2 Å². The van der Waals surface area contributed by atoms with Crippen LogP contribution >= 0.6 is 11.8 Å². The quantitative estimate of drug-likeness (QED) is 0.813. The molecule has 0 atom stereocenters. The summed E-state index contributed by atoms with van der Waals surface area (Å²) in [5.74, 6) is -0.531. The molecule has 0 saturated carbocycles. The summed E-state index contributed by atoms with van der Waals surface area (Å²) in [4.78, 5) is 14.7. The van der Waals surface area contributed by atoms with Crippen LogP contribution in [0.5, 0.6) is 0 Å². The molecule has 1 aromatic rings. The van der Waals surface area contributed by atoms with Gasteiger partial charge < -0.3 is 11.1 Å². The first kappa shape index (κ1) is 13.6. The first-order valence-electron chi connectivity index (χ1n) is 4.51. The van der Waals surface area contributed by atoms with Crippen LogP contribution in [-0.4, -0.2) is 23.7 Å². The van der Waals surface area contributed by atoms with E-state index < -0.39 is 11.7 Å². The van der Waals surface area contributed by atoms with Crippen molar-refractivity contribution in [3.63, 3.8) is 0 Å². The number of nitrogen functional groups attached to an aromatic ring is 1. The van der Waals surface area contributed by atoms with Crippen molar-refractivity contribution >= 4 is 23.5 Å². The molecule has 0 bridgehead atoms. The highest BCUT2D eigenvalue weighted by Gasteiger charge is 2.31. The van der Waals surface area contributed by atoms with Gasteiger partial charge in [-0.3, -0.25) is 4.79 Å². The number of anilines is 1. The van der Waals surface area contributed by atoms with Crippen LogP contribution in [0, 0.1) is 0 Å². The van der Waals surface area contributed by atoms with Crippen LogP contribution in [0.15, 0.2) is 17.2 Å². The van der Waals surface area contributed by atoms with E-state index in [1.54, 1.807) is 0 Å². The number of aromatic nitrogens is 1. The van der Waals surface area contributed by atoms with Gasteiger partial charge in [0, 0.05) is 7.05 Å². The third-order valence-electron chi connectivity index (χ3n) is 1.78. The van der Waals surface area contributed by atoms with Crippen LogP contribution < -0.4 is 11.1 Å². The van der Waals surface area contributed by atoms with Gasteiger partial charge in [0.25, 0.3) is 0 Å². The molecule has 0 saturated heterocycles. The van der Waals surface area contributed by atoms with Crippen molar-refractivity contribution < 1.29 is 18.0 Å². The molecule has 3 N–H and O–H groups in total. The Kier molecular flexibility index (Phi) is 4.22. The predicted octanol–water partition coefficient (Wildman–Crippen LogP) is 1.52. The van der Waals surface area contributed by atoms with Crippen LogP contribution in [0.25, 0.3) is 0 Å². The van der Waals surface area contributed by atoms with E-state index in [4.69, 9.17) is 5.73 Å². The number of pyridine rings is 1. The number of nitrogens with one attached hydrogen (secondary N) is 1. The first-order chi connectivity index (χ1) is 7.82. The van der Waals surface area contributed by atoms with E-state index in [1.807, 2.05) is 0 Å². The first-order valence-corrected chi connectivity index (χ1v) is 5.49. The molecule has 1 aromatic heterocycles. The molecule has 94 valence electrons. The van der Waals surface area contributed by atoms with Gasteiger partial charge in [-0.05, 0) is 12.1 Å². The summed E-state index contributed by atoms with van der Waals surface area (Å²) in [5, 5.41) is 2.42. The van der Waals surface area contributed by atoms with Crippen molar-refractivity contribution in [1.29, 1.82) is 0 Å². The summed E-state index contributed by atoms with van der Waals surface area (Å²) in [6, 6.07) is 1.62. The lowest BCUT2D eigenvalue weighted by Crippen LogP contribution is -2.19. The molecule has 17 heavy (non-hydrogen) atoms. The molecule has 0 fully saturated rings. The summed E-state index contributed by atoms with van der Waals surface area (Å²) in [5.41, 5.74) is 4.40. The Morgan fingerprint density at radius 1 is 1.53 bits per heavy atom. The van der Waals surface area contributed by atoms with Crippen molar-refractivity contribution in [1.82, 2.24) is 10.3 Å². The van der Waals surface area contributed by atoms with Gasteiger partial charge in [0.05, 0.1) is 16.3 Å². The fourth-order valence-electron chi connectivity index (χ4n) is 0.975.